The minimum Gasteiger partial charge on any atom is -0.272 e. The Bertz CT molecular complexity index is 733. The Kier molecular flexibility index (Phi) is 6.69. The number of carbonyl (C=O) groups excluding carboxylic acids is 2. The first-order chi connectivity index (χ1) is 11.4. The van der Waals surface area contributed by atoms with Crippen LogP contribution in [0.3, 0.4) is 0 Å². The molecule has 0 unspecified atom stereocenters. The molecule has 0 aliphatic carbocycles. The maximum Gasteiger partial charge on any atom is 0.260 e. The van der Waals surface area contributed by atoms with Gasteiger partial charge in [-0.2, -0.15) is 5.10 Å². The maximum absolute atomic E-state index is 11.8. The zero-order chi connectivity index (χ0) is 17.5. The number of rotatable bonds is 6. The molecule has 128 valence electrons. The molecule has 1 heterocycles. The normalized spacial score (nSPS) is 10.5. The number of carbonyl (C=O) groups is 2. The van der Waals surface area contributed by atoms with Crippen LogP contribution in [0.2, 0.25) is 5.02 Å². The molecule has 1 aromatic heterocycles. The van der Waals surface area contributed by atoms with E-state index in [1.165, 1.54) is 11.8 Å². The standard InChI is InChI=1S/C16H19ClN4O2S/c1-11-6-12(2)21(20-11)8-15(22)18-19-16(23)10-24-9-13-4-3-5-14(17)7-13/h3-7H,8-10H2,1-2H3,(H,18,22)(H,19,23). The number of hydrogen-bond donors (Lipinski definition) is 2. The largest absolute Gasteiger partial charge is 0.272 e. The van der Waals surface area contributed by atoms with Crippen molar-refractivity contribution in [3.63, 3.8) is 0 Å². The third-order valence-corrected chi connectivity index (χ3v) is 4.37. The lowest BCUT2D eigenvalue weighted by molar-refractivity contribution is -0.128. The average molecular weight is 367 g/mol. The van der Waals surface area contributed by atoms with E-state index in [-0.39, 0.29) is 24.1 Å². The van der Waals surface area contributed by atoms with Gasteiger partial charge >= 0.3 is 0 Å². The average Bonchev–Trinajstić information content (AvgIpc) is 2.83. The highest BCUT2D eigenvalue weighted by Crippen LogP contribution is 2.16. The van der Waals surface area contributed by atoms with Crippen LogP contribution < -0.4 is 10.9 Å². The first kappa shape index (κ1) is 18.4. The fourth-order valence-corrected chi connectivity index (χ4v) is 3.06. The predicted octanol–water partition coefficient (Wildman–Crippen LogP) is 2.23. The van der Waals surface area contributed by atoms with Crippen LogP contribution in [0.5, 0.6) is 0 Å². The minimum atomic E-state index is -0.325. The first-order valence-electron chi connectivity index (χ1n) is 7.35. The number of nitrogens with zero attached hydrogens (tertiary/aromatic N) is 2. The van der Waals surface area contributed by atoms with Gasteiger partial charge in [-0.1, -0.05) is 23.7 Å². The van der Waals surface area contributed by atoms with Gasteiger partial charge in [0.05, 0.1) is 11.4 Å². The second-order valence-corrected chi connectivity index (χ2v) is 6.73. The molecule has 24 heavy (non-hydrogen) atoms. The van der Waals surface area contributed by atoms with Crippen LogP contribution in [-0.4, -0.2) is 27.3 Å². The van der Waals surface area contributed by atoms with Crippen molar-refractivity contribution in [1.82, 2.24) is 20.6 Å². The van der Waals surface area contributed by atoms with E-state index in [0.29, 0.717) is 10.8 Å². The van der Waals surface area contributed by atoms with Crippen LogP contribution in [0.1, 0.15) is 17.0 Å². The second kappa shape index (κ2) is 8.75. The second-order valence-electron chi connectivity index (χ2n) is 5.30. The van der Waals surface area contributed by atoms with Crippen LogP contribution in [0.25, 0.3) is 0 Å². The van der Waals surface area contributed by atoms with E-state index in [1.54, 1.807) is 10.7 Å². The quantitative estimate of drug-likeness (QED) is 0.769. The van der Waals surface area contributed by atoms with E-state index in [1.807, 2.05) is 38.1 Å². The van der Waals surface area contributed by atoms with Gasteiger partial charge < -0.3 is 0 Å². The van der Waals surface area contributed by atoms with Crippen molar-refractivity contribution in [2.24, 2.45) is 0 Å². The molecule has 0 spiro atoms. The van der Waals surface area contributed by atoms with Crippen molar-refractivity contribution >= 4 is 35.2 Å². The third-order valence-electron chi connectivity index (χ3n) is 3.13. The molecule has 2 N–H and O–H groups in total. The van der Waals surface area contributed by atoms with Crippen LogP contribution >= 0.6 is 23.4 Å². The number of benzene rings is 1. The Labute approximate surface area is 149 Å². The van der Waals surface area contributed by atoms with Crippen molar-refractivity contribution in [3.8, 4) is 0 Å². The monoisotopic (exact) mass is 366 g/mol. The van der Waals surface area contributed by atoms with E-state index >= 15 is 0 Å². The van der Waals surface area contributed by atoms with Crippen LogP contribution in [0, 0.1) is 13.8 Å². The highest BCUT2D eigenvalue weighted by atomic mass is 35.5. The summed E-state index contributed by atoms with van der Waals surface area (Å²) in [5.74, 6) is 0.332. The Hall–Kier alpha value is -1.99. The molecular formula is C16H19ClN4O2S. The fourth-order valence-electron chi connectivity index (χ4n) is 2.07. The van der Waals surface area contributed by atoms with Crippen molar-refractivity contribution in [1.29, 1.82) is 0 Å². The molecule has 0 fully saturated rings. The molecule has 1 aromatic carbocycles. The molecule has 0 saturated carbocycles. The number of aryl methyl sites for hydroxylation is 2. The van der Waals surface area contributed by atoms with E-state index in [4.69, 9.17) is 11.6 Å². The highest BCUT2D eigenvalue weighted by molar-refractivity contribution is 7.99. The third kappa shape index (κ3) is 5.90. The molecule has 2 aromatic rings. The first-order valence-corrected chi connectivity index (χ1v) is 8.88. The summed E-state index contributed by atoms with van der Waals surface area (Å²) < 4.78 is 1.59. The molecule has 8 heteroatoms. The number of amides is 2. The Balaban J connectivity index is 1.67. The van der Waals surface area contributed by atoms with E-state index in [2.05, 4.69) is 16.0 Å². The molecule has 2 rings (SSSR count). The minimum absolute atomic E-state index is 0.0651. The van der Waals surface area contributed by atoms with Gasteiger partial charge in [0, 0.05) is 16.5 Å². The maximum atomic E-state index is 11.8. The molecule has 0 atom stereocenters. The zero-order valence-corrected chi connectivity index (χ0v) is 15.1. The molecule has 0 bridgehead atoms. The number of hydrogen-bond acceptors (Lipinski definition) is 4. The van der Waals surface area contributed by atoms with Gasteiger partial charge in [-0.25, -0.2) is 0 Å². The van der Waals surface area contributed by atoms with Crippen LogP contribution in [-0.2, 0) is 21.9 Å². The number of thioether (sulfide) groups is 1. The van der Waals surface area contributed by atoms with Gasteiger partial charge in [-0.05, 0) is 37.6 Å². The summed E-state index contributed by atoms with van der Waals surface area (Å²) in [6.07, 6.45) is 0. The zero-order valence-electron chi connectivity index (χ0n) is 13.5. The molecule has 0 aliphatic rings. The Morgan fingerprint density at radius 2 is 1.96 bits per heavy atom. The van der Waals surface area contributed by atoms with Gasteiger partial charge in [-0.3, -0.25) is 25.1 Å². The summed E-state index contributed by atoms with van der Waals surface area (Å²) in [4.78, 5) is 23.5. The molecular weight excluding hydrogens is 348 g/mol. The number of aromatic nitrogens is 2. The van der Waals surface area contributed by atoms with Crippen molar-refractivity contribution in [3.05, 3.63) is 52.3 Å². The molecule has 2 amide bonds. The molecule has 0 radical (unpaired) electrons. The van der Waals surface area contributed by atoms with Crippen molar-refractivity contribution < 1.29 is 9.59 Å². The fraction of sp³-hybridized carbons (Fsp3) is 0.312. The van der Waals surface area contributed by atoms with E-state index < -0.39 is 0 Å². The molecule has 6 nitrogen and oxygen atoms in total. The van der Waals surface area contributed by atoms with E-state index in [9.17, 15) is 9.59 Å². The topological polar surface area (TPSA) is 76.0 Å². The van der Waals surface area contributed by atoms with Gasteiger partial charge in [0.15, 0.2) is 0 Å². The van der Waals surface area contributed by atoms with Crippen LogP contribution in [0.15, 0.2) is 30.3 Å². The summed E-state index contributed by atoms with van der Waals surface area (Å²) in [6, 6.07) is 9.38. The number of hydrazine groups is 1. The molecule has 0 saturated heterocycles. The molecule has 0 aliphatic heterocycles. The Morgan fingerprint density at radius 1 is 1.21 bits per heavy atom. The lowest BCUT2D eigenvalue weighted by atomic mass is 10.2. The van der Waals surface area contributed by atoms with Gasteiger partial charge in [0.25, 0.3) is 5.91 Å². The van der Waals surface area contributed by atoms with Gasteiger partial charge in [0.2, 0.25) is 5.91 Å². The summed E-state index contributed by atoms with van der Waals surface area (Å²) in [7, 11) is 0. The van der Waals surface area contributed by atoms with Gasteiger partial charge in [-0.15, -0.1) is 11.8 Å². The smallest absolute Gasteiger partial charge is 0.260 e. The van der Waals surface area contributed by atoms with E-state index in [0.717, 1.165) is 17.0 Å². The summed E-state index contributed by atoms with van der Waals surface area (Å²) in [6.45, 7) is 3.80. The summed E-state index contributed by atoms with van der Waals surface area (Å²) >= 11 is 7.35. The van der Waals surface area contributed by atoms with Crippen LogP contribution in [0.4, 0.5) is 0 Å². The SMILES string of the molecule is Cc1cc(C)n(CC(=O)NNC(=O)CSCc2cccc(Cl)c2)n1. The summed E-state index contributed by atoms with van der Waals surface area (Å²) in [5, 5.41) is 4.87. The van der Waals surface area contributed by atoms with Crippen molar-refractivity contribution in [2.45, 2.75) is 26.1 Å². The highest BCUT2D eigenvalue weighted by Gasteiger charge is 2.08. The predicted molar refractivity (Wildman–Crippen MR) is 95.6 cm³/mol. The lowest BCUT2D eigenvalue weighted by Crippen LogP contribution is -2.44. The Morgan fingerprint density at radius 3 is 2.62 bits per heavy atom. The summed E-state index contributed by atoms with van der Waals surface area (Å²) in [5.41, 5.74) is 7.58. The van der Waals surface area contributed by atoms with Gasteiger partial charge in [0.1, 0.15) is 6.54 Å². The number of halogens is 1. The van der Waals surface area contributed by atoms with Crippen molar-refractivity contribution in [2.75, 3.05) is 5.75 Å². The number of nitrogens with one attached hydrogen (secondary N) is 2. The lowest BCUT2D eigenvalue weighted by Gasteiger charge is -2.08.